The summed E-state index contributed by atoms with van der Waals surface area (Å²) in [7, 11) is 0. The molecule has 294 valence electrons. The van der Waals surface area contributed by atoms with Crippen LogP contribution >= 0.6 is 0 Å². The van der Waals surface area contributed by atoms with Crippen LogP contribution in [0.15, 0.2) is 267 Å². The molecule has 0 unspecified atom stereocenters. The molecule has 0 spiro atoms. The zero-order chi connectivity index (χ0) is 41.5. The largest absolute Gasteiger partial charge is 0.309 e. The summed E-state index contributed by atoms with van der Waals surface area (Å²) in [5, 5.41) is 0. The van der Waals surface area contributed by atoms with Crippen LogP contribution in [0.2, 0.25) is 0 Å². The third-order valence-electron chi connectivity index (χ3n) is 11.5. The van der Waals surface area contributed by atoms with Crippen molar-refractivity contribution >= 4 is 34.1 Å². The van der Waals surface area contributed by atoms with Gasteiger partial charge in [-0.1, -0.05) is 206 Å². The maximum atomic E-state index is 2.41. The highest BCUT2D eigenvalue weighted by atomic mass is 15.2. The van der Waals surface area contributed by atoms with E-state index in [-0.39, 0.29) is 0 Å². The summed E-state index contributed by atoms with van der Waals surface area (Å²) in [5.74, 6) is 0. The molecule has 2 nitrogen and oxygen atoms in total. The zero-order valence-electron chi connectivity index (χ0n) is 34.3. The van der Waals surface area contributed by atoms with Crippen LogP contribution in [-0.4, -0.2) is 0 Å². The van der Waals surface area contributed by atoms with E-state index in [0.717, 1.165) is 67.5 Å². The highest BCUT2D eigenvalue weighted by Gasteiger charge is 2.23. The summed E-state index contributed by atoms with van der Waals surface area (Å²) in [6.45, 7) is 0. The lowest BCUT2D eigenvalue weighted by atomic mass is 9.92. The smallest absolute Gasteiger partial charge is 0.0540 e. The molecule has 0 N–H and O–H groups in total. The fraction of sp³-hybridized carbons (Fsp3) is 0. The van der Waals surface area contributed by atoms with E-state index in [1.807, 2.05) is 0 Å². The Bertz CT molecular complexity index is 2830. The molecule has 0 amide bonds. The van der Waals surface area contributed by atoms with E-state index in [0.29, 0.717) is 0 Å². The molecule has 0 saturated heterocycles. The van der Waals surface area contributed by atoms with Gasteiger partial charge in [-0.25, -0.2) is 0 Å². The predicted octanol–water partition coefficient (Wildman–Crippen LogP) is 17.0. The van der Waals surface area contributed by atoms with Crippen LogP contribution in [-0.2, 0) is 0 Å². The SMILES string of the molecule is c1ccc(-c2ccccc2N(c2ccccc2)c2ccc(-c3ccc(N(c4ccccc4)c4ccccc4-c4ccccc4)c(-c4ccccc4)c3)cc2-c2ccccc2)cc1. The zero-order valence-corrected chi connectivity index (χ0v) is 34.3. The number of benzene rings is 10. The molecule has 0 aliphatic rings. The van der Waals surface area contributed by atoms with Crippen LogP contribution in [0.3, 0.4) is 0 Å². The van der Waals surface area contributed by atoms with E-state index in [9.17, 15) is 0 Å². The van der Waals surface area contributed by atoms with Gasteiger partial charge >= 0.3 is 0 Å². The molecule has 0 aliphatic carbocycles. The normalized spacial score (nSPS) is 10.9. The molecular weight excluding hydrogens is 749 g/mol. The second kappa shape index (κ2) is 17.6. The Balaban J connectivity index is 1.17. The van der Waals surface area contributed by atoms with Crippen molar-refractivity contribution in [3.05, 3.63) is 267 Å². The topological polar surface area (TPSA) is 6.48 Å². The Morgan fingerprint density at radius 1 is 0.177 bits per heavy atom. The van der Waals surface area contributed by atoms with Gasteiger partial charge in [0.1, 0.15) is 0 Å². The Kier molecular flexibility index (Phi) is 10.8. The summed E-state index contributed by atoms with van der Waals surface area (Å²) in [6, 6.07) is 95.7. The van der Waals surface area contributed by atoms with Crippen LogP contribution in [0.5, 0.6) is 0 Å². The molecule has 0 heterocycles. The van der Waals surface area contributed by atoms with Crippen LogP contribution in [0.25, 0.3) is 55.6 Å². The van der Waals surface area contributed by atoms with Crippen LogP contribution in [0.4, 0.5) is 34.1 Å². The summed E-state index contributed by atoms with van der Waals surface area (Å²) >= 11 is 0. The average molecular weight is 793 g/mol. The van der Waals surface area contributed by atoms with Crippen LogP contribution in [0, 0.1) is 0 Å². The quantitative estimate of drug-likeness (QED) is 0.129. The third-order valence-corrected chi connectivity index (χ3v) is 11.5. The van der Waals surface area contributed by atoms with Crippen molar-refractivity contribution in [2.75, 3.05) is 9.80 Å². The molecule has 10 aromatic carbocycles. The second-order valence-electron chi connectivity index (χ2n) is 15.3. The summed E-state index contributed by atoms with van der Waals surface area (Å²) in [4.78, 5) is 4.82. The van der Waals surface area contributed by atoms with Crippen molar-refractivity contribution in [1.82, 2.24) is 0 Å². The number of hydrogen-bond donors (Lipinski definition) is 0. The van der Waals surface area contributed by atoms with Gasteiger partial charge < -0.3 is 9.80 Å². The highest BCUT2D eigenvalue weighted by molar-refractivity contribution is 5.97. The van der Waals surface area contributed by atoms with E-state index < -0.39 is 0 Å². The monoisotopic (exact) mass is 792 g/mol. The van der Waals surface area contributed by atoms with E-state index in [2.05, 4.69) is 277 Å². The maximum absolute atomic E-state index is 2.41. The number of rotatable bonds is 11. The van der Waals surface area contributed by atoms with E-state index in [4.69, 9.17) is 0 Å². The molecule has 0 bridgehead atoms. The van der Waals surface area contributed by atoms with Gasteiger partial charge in [0.15, 0.2) is 0 Å². The Labute approximate surface area is 364 Å². The third kappa shape index (κ3) is 7.70. The van der Waals surface area contributed by atoms with Crippen LogP contribution in [0.1, 0.15) is 0 Å². The molecule has 10 rings (SSSR count). The van der Waals surface area contributed by atoms with Gasteiger partial charge in [0.2, 0.25) is 0 Å². The Morgan fingerprint density at radius 3 is 0.774 bits per heavy atom. The van der Waals surface area contributed by atoms with Gasteiger partial charge in [0.05, 0.1) is 22.7 Å². The fourth-order valence-electron chi connectivity index (χ4n) is 8.55. The van der Waals surface area contributed by atoms with Crippen molar-refractivity contribution in [2.45, 2.75) is 0 Å². The number of anilines is 6. The van der Waals surface area contributed by atoms with Gasteiger partial charge in [0.25, 0.3) is 0 Å². The molecule has 0 radical (unpaired) electrons. The van der Waals surface area contributed by atoms with Gasteiger partial charge in [-0.15, -0.1) is 0 Å². The number of hydrogen-bond acceptors (Lipinski definition) is 2. The molecule has 0 fully saturated rings. The van der Waals surface area contributed by atoms with Gasteiger partial charge in [-0.3, -0.25) is 0 Å². The first kappa shape index (κ1) is 38.0. The highest BCUT2D eigenvalue weighted by Crippen LogP contribution is 2.48. The first-order valence-electron chi connectivity index (χ1n) is 21.2. The van der Waals surface area contributed by atoms with Crippen molar-refractivity contribution in [3.8, 4) is 55.6 Å². The molecule has 0 atom stereocenters. The first-order valence-corrected chi connectivity index (χ1v) is 21.2. The first-order chi connectivity index (χ1) is 30.8. The number of nitrogens with zero attached hydrogens (tertiary/aromatic N) is 2. The summed E-state index contributed by atoms with van der Waals surface area (Å²) in [6.07, 6.45) is 0. The maximum Gasteiger partial charge on any atom is 0.0540 e. The minimum atomic E-state index is 1.09. The molecule has 0 aromatic heterocycles. The molecule has 10 aromatic rings. The standard InChI is InChI=1S/C60H44N2/c1-7-23-45(24-8-1)53-35-19-21-37-57(53)61(51-31-15-5-16-32-51)59-41-39-49(43-55(59)47-27-11-3-12-28-47)50-40-42-60(56(44-50)48-29-13-4-14-30-48)62(52-33-17-6-18-34-52)58-38-22-20-36-54(58)46-25-9-2-10-26-46/h1-44H. The number of para-hydroxylation sites is 4. The van der Waals surface area contributed by atoms with Crippen molar-refractivity contribution in [1.29, 1.82) is 0 Å². The lowest BCUT2D eigenvalue weighted by molar-refractivity contribution is 1.28. The Morgan fingerprint density at radius 2 is 0.435 bits per heavy atom. The van der Waals surface area contributed by atoms with Gasteiger partial charge in [-0.05, 0) is 94.0 Å². The van der Waals surface area contributed by atoms with Gasteiger partial charge in [0, 0.05) is 33.6 Å². The predicted molar refractivity (Wildman–Crippen MR) is 263 cm³/mol. The molecular formula is C60H44N2. The fourth-order valence-corrected chi connectivity index (χ4v) is 8.55. The van der Waals surface area contributed by atoms with E-state index >= 15 is 0 Å². The van der Waals surface area contributed by atoms with Crippen molar-refractivity contribution < 1.29 is 0 Å². The van der Waals surface area contributed by atoms with Crippen molar-refractivity contribution in [2.24, 2.45) is 0 Å². The van der Waals surface area contributed by atoms with Gasteiger partial charge in [-0.2, -0.15) is 0 Å². The summed E-state index contributed by atoms with van der Waals surface area (Å²) in [5.41, 5.74) is 18.1. The lowest BCUT2D eigenvalue weighted by Gasteiger charge is -2.31. The Hall–Kier alpha value is -8.20. The second-order valence-corrected chi connectivity index (χ2v) is 15.3. The molecule has 0 aliphatic heterocycles. The molecule has 2 heteroatoms. The van der Waals surface area contributed by atoms with Crippen molar-refractivity contribution in [3.63, 3.8) is 0 Å². The minimum absolute atomic E-state index is 1.09. The average Bonchev–Trinajstić information content (AvgIpc) is 3.36. The van der Waals surface area contributed by atoms with E-state index in [1.54, 1.807) is 0 Å². The van der Waals surface area contributed by atoms with E-state index in [1.165, 1.54) is 22.3 Å². The summed E-state index contributed by atoms with van der Waals surface area (Å²) < 4.78 is 0. The lowest BCUT2D eigenvalue weighted by Crippen LogP contribution is -2.13. The molecule has 62 heavy (non-hydrogen) atoms. The van der Waals surface area contributed by atoms with Crippen LogP contribution < -0.4 is 9.80 Å². The molecule has 0 saturated carbocycles. The minimum Gasteiger partial charge on any atom is -0.309 e.